The summed E-state index contributed by atoms with van der Waals surface area (Å²) < 4.78 is 13.9. The second-order valence-corrected chi connectivity index (χ2v) is 6.34. The number of nitrogens with one attached hydrogen (secondary N) is 1. The zero-order chi connectivity index (χ0) is 17.1. The van der Waals surface area contributed by atoms with E-state index in [0.717, 1.165) is 19.2 Å². The van der Waals surface area contributed by atoms with Gasteiger partial charge in [-0.15, -0.1) is 11.3 Å². The van der Waals surface area contributed by atoms with Gasteiger partial charge in [0.2, 0.25) is 5.91 Å². The summed E-state index contributed by atoms with van der Waals surface area (Å²) in [4.78, 5) is 27.2. The third-order valence-electron chi connectivity index (χ3n) is 3.88. The minimum absolute atomic E-state index is 0.0330. The van der Waals surface area contributed by atoms with Crippen LogP contribution in [0.1, 0.15) is 10.4 Å². The predicted octanol–water partition coefficient (Wildman–Crippen LogP) is 2.34. The van der Waals surface area contributed by atoms with Crippen LogP contribution in [0.4, 0.5) is 19.9 Å². The van der Waals surface area contributed by atoms with Crippen molar-refractivity contribution >= 4 is 34.0 Å². The molecule has 6 nitrogen and oxygen atoms in total. The molecule has 1 aromatic heterocycles. The van der Waals surface area contributed by atoms with Crippen molar-refractivity contribution in [3.63, 3.8) is 0 Å². The van der Waals surface area contributed by atoms with Gasteiger partial charge < -0.3 is 20.9 Å². The van der Waals surface area contributed by atoms with Gasteiger partial charge in [0.05, 0.1) is 10.7 Å². The fraction of sp³-hybridized carbons (Fsp3) is 0.250. The van der Waals surface area contributed by atoms with Crippen LogP contribution < -0.4 is 16.0 Å². The van der Waals surface area contributed by atoms with E-state index in [1.807, 2.05) is 11.4 Å². The Labute approximate surface area is 142 Å². The lowest BCUT2D eigenvalue weighted by molar-refractivity contribution is 0.1000. The summed E-state index contributed by atoms with van der Waals surface area (Å²) >= 11 is 1.67. The van der Waals surface area contributed by atoms with Crippen LogP contribution in [0.3, 0.4) is 0 Å². The number of carbonyl (C=O) groups excluding carboxylic acids is 2. The Morgan fingerprint density at radius 3 is 2.50 bits per heavy atom. The molecule has 0 spiro atoms. The highest BCUT2D eigenvalue weighted by Gasteiger charge is 2.22. The zero-order valence-electron chi connectivity index (χ0n) is 12.9. The second-order valence-electron chi connectivity index (χ2n) is 5.41. The molecule has 3 N–H and O–H groups in total. The summed E-state index contributed by atoms with van der Waals surface area (Å²) in [7, 11) is 0. The highest BCUT2D eigenvalue weighted by atomic mass is 32.1. The van der Waals surface area contributed by atoms with E-state index < -0.39 is 11.7 Å². The first-order valence-corrected chi connectivity index (χ1v) is 8.36. The maximum Gasteiger partial charge on any atom is 0.322 e. The van der Waals surface area contributed by atoms with E-state index in [-0.39, 0.29) is 17.3 Å². The van der Waals surface area contributed by atoms with Crippen LogP contribution >= 0.6 is 11.3 Å². The van der Waals surface area contributed by atoms with Crippen molar-refractivity contribution in [1.82, 2.24) is 4.90 Å². The number of primary amides is 1. The number of carbonyl (C=O) groups is 2. The van der Waals surface area contributed by atoms with Crippen LogP contribution in [0.25, 0.3) is 0 Å². The fourth-order valence-corrected chi connectivity index (χ4v) is 3.33. The number of nitrogens with zero attached hydrogens (tertiary/aromatic N) is 2. The number of amides is 3. The summed E-state index contributed by atoms with van der Waals surface area (Å²) in [5.41, 5.74) is 5.20. The first-order chi connectivity index (χ1) is 11.5. The Balaban J connectivity index is 1.59. The van der Waals surface area contributed by atoms with Crippen molar-refractivity contribution in [3.8, 4) is 0 Å². The molecule has 0 atom stereocenters. The molecule has 0 saturated carbocycles. The van der Waals surface area contributed by atoms with Gasteiger partial charge in [-0.3, -0.25) is 4.79 Å². The summed E-state index contributed by atoms with van der Waals surface area (Å²) in [6.45, 7) is 2.59. The molecule has 1 saturated heterocycles. The minimum atomic E-state index is -0.712. The van der Waals surface area contributed by atoms with Crippen LogP contribution in [-0.2, 0) is 0 Å². The van der Waals surface area contributed by atoms with Crippen LogP contribution in [0.15, 0.2) is 35.7 Å². The van der Waals surface area contributed by atoms with Crippen LogP contribution in [0.2, 0.25) is 0 Å². The fourth-order valence-electron chi connectivity index (χ4n) is 2.54. The number of piperazine rings is 1. The summed E-state index contributed by atoms with van der Waals surface area (Å²) in [6.07, 6.45) is 0. The number of thiophene rings is 1. The smallest absolute Gasteiger partial charge is 0.322 e. The van der Waals surface area contributed by atoms with Crippen LogP contribution in [-0.4, -0.2) is 43.0 Å². The summed E-state index contributed by atoms with van der Waals surface area (Å²) in [5, 5.41) is 5.74. The molecule has 24 heavy (non-hydrogen) atoms. The molecule has 2 heterocycles. The lowest BCUT2D eigenvalue weighted by Crippen LogP contribution is -2.50. The van der Waals surface area contributed by atoms with Gasteiger partial charge in [0, 0.05) is 31.7 Å². The molecule has 3 rings (SSSR count). The Kier molecular flexibility index (Phi) is 4.66. The molecular weight excluding hydrogens is 331 g/mol. The van der Waals surface area contributed by atoms with E-state index in [1.165, 1.54) is 17.1 Å². The van der Waals surface area contributed by atoms with E-state index in [1.54, 1.807) is 16.2 Å². The molecule has 1 fully saturated rings. The number of halogens is 1. The first-order valence-electron chi connectivity index (χ1n) is 7.48. The first kappa shape index (κ1) is 16.3. The van der Waals surface area contributed by atoms with Crippen molar-refractivity contribution in [2.75, 3.05) is 36.4 Å². The molecule has 0 radical (unpaired) electrons. The van der Waals surface area contributed by atoms with Crippen molar-refractivity contribution < 1.29 is 14.0 Å². The maximum absolute atomic E-state index is 13.9. The topological polar surface area (TPSA) is 78.7 Å². The number of anilines is 2. The average Bonchev–Trinajstić information content (AvgIpc) is 3.11. The predicted molar refractivity (Wildman–Crippen MR) is 92.0 cm³/mol. The quantitative estimate of drug-likeness (QED) is 0.894. The normalized spacial score (nSPS) is 14.5. The SMILES string of the molecule is NC(=O)c1ccc(NC(=O)N2CCN(c3cccs3)CC2)c(F)c1. The summed E-state index contributed by atoms with van der Waals surface area (Å²) in [6, 6.07) is 7.44. The van der Waals surface area contributed by atoms with Crippen molar-refractivity contribution in [1.29, 1.82) is 0 Å². The number of rotatable bonds is 3. The Morgan fingerprint density at radius 2 is 1.92 bits per heavy atom. The van der Waals surface area contributed by atoms with Gasteiger partial charge in [-0.1, -0.05) is 0 Å². The van der Waals surface area contributed by atoms with Gasteiger partial charge in [-0.05, 0) is 35.7 Å². The van der Waals surface area contributed by atoms with Crippen LogP contribution in [0.5, 0.6) is 0 Å². The Bertz CT molecular complexity index is 743. The molecule has 1 aliphatic heterocycles. The molecule has 1 aliphatic rings. The highest BCUT2D eigenvalue weighted by Crippen LogP contribution is 2.23. The van der Waals surface area contributed by atoms with Crippen molar-refractivity contribution in [2.24, 2.45) is 5.73 Å². The standard InChI is InChI=1S/C16H17FN4O2S/c17-12-10-11(15(18)22)3-4-13(12)19-16(23)21-7-5-20(6-8-21)14-2-1-9-24-14/h1-4,9-10H,5-8H2,(H2,18,22)(H,19,23). The largest absolute Gasteiger partial charge is 0.366 e. The Morgan fingerprint density at radius 1 is 1.17 bits per heavy atom. The van der Waals surface area contributed by atoms with E-state index in [0.29, 0.717) is 13.1 Å². The lowest BCUT2D eigenvalue weighted by Gasteiger charge is -2.35. The monoisotopic (exact) mass is 348 g/mol. The molecule has 126 valence electrons. The number of hydrogen-bond acceptors (Lipinski definition) is 4. The number of hydrogen-bond donors (Lipinski definition) is 2. The third-order valence-corrected chi connectivity index (χ3v) is 4.81. The van der Waals surface area contributed by atoms with Crippen molar-refractivity contribution in [2.45, 2.75) is 0 Å². The van der Waals surface area contributed by atoms with E-state index in [9.17, 15) is 14.0 Å². The molecule has 1 aromatic carbocycles. The Hall–Kier alpha value is -2.61. The average molecular weight is 348 g/mol. The van der Waals surface area contributed by atoms with Gasteiger partial charge in [0.25, 0.3) is 0 Å². The van der Waals surface area contributed by atoms with Gasteiger partial charge in [0.15, 0.2) is 0 Å². The van der Waals surface area contributed by atoms with E-state index >= 15 is 0 Å². The van der Waals surface area contributed by atoms with Gasteiger partial charge in [-0.25, -0.2) is 9.18 Å². The van der Waals surface area contributed by atoms with Gasteiger partial charge >= 0.3 is 6.03 Å². The van der Waals surface area contributed by atoms with E-state index in [2.05, 4.69) is 16.3 Å². The van der Waals surface area contributed by atoms with Crippen molar-refractivity contribution in [3.05, 3.63) is 47.1 Å². The number of urea groups is 1. The maximum atomic E-state index is 13.9. The summed E-state index contributed by atoms with van der Waals surface area (Å²) in [5.74, 6) is -1.40. The lowest BCUT2D eigenvalue weighted by atomic mass is 10.2. The molecule has 3 amide bonds. The van der Waals surface area contributed by atoms with Crippen LogP contribution in [0, 0.1) is 5.82 Å². The molecule has 2 aromatic rings. The second kappa shape index (κ2) is 6.88. The highest BCUT2D eigenvalue weighted by molar-refractivity contribution is 7.14. The molecule has 0 unspecified atom stereocenters. The number of benzene rings is 1. The van der Waals surface area contributed by atoms with Gasteiger partial charge in [0.1, 0.15) is 5.82 Å². The molecule has 0 aliphatic carbocycles. The molecular formula is C16H17FN4O2S. The zero-order valence-corrected chi connectivity index (χ0v) is 13.7. The third kappa shape index (κ3) is 3.48. The van der Waals surface area contributed by atoms with E-state index in [4.69, 9.17) is 5.73 Å². The molecule has 8 heteroatoms. The molecule has 0 bridgehead atoms. The number of nitrogens with two attached hydrogens (primary N) is 1. The minimum Gasteiger partial charge on any atom is -0.366 e. The van der Waals surface area contributed by atoms with Gasteiger partial charge in [-0.2, -0.15) is 0 Å².